The Morgan fingerprint density at radius 3 is 2.30 bits per heavy atom. The zero-order valence-corrected chi connectivity index (χ0v) is 25.7. The molecule has 2 aliphatic rings. The molecular weight excluding hydrogens is 527 g/mol. The number of benzene rings is 2. The van der Waals surface area contributed by atoms with Gasteiger partial charge in [0.2, 0.25) is 5.91 Å². The Balaban J connectivity index is 0.000000269. The number of fused-ring (bicyclic) bond motifs is 2. The molecule has 2 bridgehead atoms. The van der Waals surface area contributed by atoms with Crippen LogP contribution < -0.4 is 10.0 Å². The Bertz CT molecular complexity index is 1180. The van der Waals surface area contributed by atoms with Gasteiger partial charge in [0.25, 0.3) is 0 Å². The van der Waals surface area contributed by atoms with E-state index in [4.69, 9.17) is 10.00 Å². The molecule has 1 aliphatic heterocycles. The SMILES string of the molecule is CC.CC1CC2CC1C(C(=O)NCC#N)N2C(=O)OC(C)(C)C.CSNc1ccc(-c2ccc(C)c(F)c2)cc1. The zero-order valence-electron chi connectivity index (χ0n) is 24.9. The Hall–Kier alpha value is -3.25. The topological polar surface area (TPSA) is 94.5 Å². The van der Waals surface area contributed by atoms with Crippen molar-refractivity contribution in [2.75, 3.05) is 17.5 Å². The number of amides is 2. The van der Waals surface area contributed by atoms with Gasteiger partial charge in [-0.2, -0.15) is 5.26 Å². The summed E-state index contributed by atoms with van der Waals surface area (Å²) in [6.07, 6.45) is 3.29. The molecular formula is C31H43FN4O3S. The maximum Gasteiger partial charge on any atom is 0.411 e. The van der Waals surface area contributed by atoms with E-state index >= 15 is 0 Å². The summed E-state index contributed by atoms with van der Waals surface area (Å²) in [7, 11) is 0. The van der Waals surface area contributed by atoms with E-state index in [0.29, 0.717) is 11.5 Å². The van der Waals surface area contributed by atoms with E-state index in [1.165, 1.54) is 0 Å². The molecule has 2 fully saturated rings. The monoisotopic (exact) mass is 570 g/mol. The van der Waals surface area contributed by atoms with Crippen molar-refractivity contribution >= 4 is 29.6 Å². The molecule has 0 aromatic heterocycles. The average molecular weight is 571 g/mol. The van der Waals surface area contributed by atoms with Crippen LogP contribution in [0.1, 0.15) is 59.9 Å². The van der Waals surface area contributed by atoms with Gasteiger partial charge in [-0.05, 0) is 87.3 Å². The molecule has 4 unspecified atom stereocenters. The first-order valence-corrected chi connectivity index (χ1v) is 15.0. The summed E-state index contributed by atoms with van der Waals surface area (Å²) in [5.41, 5.74) is 3.07. The van der Waals surface area contributed by atoms with Gasteiger partial charge >= 0.3 is 6.09 Å². The number of nitriles is 1. The minimum Gasteiger partial charge on any atom is -0.444 e. The lowest BCUT2D eigenvalue weighted by atomic mass is 9.89. The molecule has 0 spiro atoms. The summed E-state index contributed by atoms with van der Waals surface area (Å²) in [5.74, 6) is 0.156. The van der Waals surface area contributed by atoms with Crippen LogP contribution in [0.4, 0.5) is 14.9 Å². The highest BCUT2D eigenvalue weighted by molar-refractivity contribution is 7.99. The minimum absolute atomic E-state index is 0.0384. The van der Waals surface area contributed by atoms with Crippen molar-refractivity contribution in [2.24, 2.45) is 11.8 Å². The van der Waals surface area contributed by atoms with E-state index in [1.54, 1.807) is 35.9 Å². The Morgan fingerprint density at radius 2 is 1.75 bits per heavy atom. The molecule has 2 aromatic rings. The number of carbonyl (C=O) groups is 2. The van der Waals surface area contributed by atoms with E-state index in [2.05, 4.69) is 17.0 Å². The number of aryl methyl sites for hydroxylation is 1. The van der Waals surface area contributed by atoms with E-state index < -0.39 is 17.7 Å². The molecule has 4 atom stereocenters. The second kappa shape index (κ2) is 14.9. The Kier molecular flexibility index (Phi) is 12.3. The first-order valence-electron chi connectivity index (χ1n) is 13.8. The number of hydrogen-bond donors (Lipinski definition) is 2. The van der Waals surface area contributed by atoms with Crippen molar-refractivity contribution in [1.29, 1.82) is 5.26 Å². The lowest BCUT2D eigenvalue weighted by molar-refractivity contribution is -0.128. The molecule has 1 aliphatic carbocycles. The van der Waals surface area contributed by atoms with Gasteiger partial charge in [0, 0.05) is 18.0 Å². The van der Waals surface area contributed by atoms with Crippen LogP contribution in [-0.2, 0) is 9.53 Å². The molecule has 7 nitrogen and oxygen atoms in total. The van der Waals surface area contributed by atoms with Gasteiger partial charge in [-0.15, -0.1) is 0 Å². The van der Waals surface area contributed by atoms with Gasteiger partial charge in [-0.3, -0.25) is 9.69 Å². The van der Waals surface area contributed by atoms with Crippen LogP contribution in [-0.4, -0.2) is 47.4 Å². The van der Waals surface area contributed by atoms with Crippen molar-refractivity contribution in [2.45, 2.75) is 79.0 Å². The third-order valence-electron chi connectivity index (χ3n) is 6.84. The molecule has 1 heterocycles. The van der Waals surface area contributed by atoms with E-state index in [9.17, 15) is 14.0 Å². The molecule has 1 saturated carbocycles. The normalized spacial score (nSPS) is 20.8. The summed E-state index contributed by atoms with van der Waals surface area (Å²) in [4.78, 5) is 26.3. The number of ether oxygens (including phenoxy) is 1. The second-order valence-corrected chi connectivity index (χ2v) is 11.4. The zero-order chi connectivity index (χ0) is 30.0. The number of hydrogen-bond acceptors (Lipinski definition) is 6. The van der Waals surface area contributed by atoms with Gasteiger partial charge in [0.05, 0.1) is 6.07 Å². The van der Waals surface area contributed by atoms with Gasteiger partial charge in [0.15, 0.2) is 0 Å². The summed E-state index contributed by atoms with van der Waals surface area (Å²) in [5, 5.41) is 11.2. The lowest BCUT2D eigenvalue weighted by Gasteiger charge is -2.37. The largest absolute Gasteiger partial charge is 0.444 e. The predicted octanol–water partition coefficient (Wildman–Crippen LogP) is 7.18. The highest BCUT2D eigenvalue weighted by atomic mass is 32.2. The first-order chi connectivity index (χ1) is 18.9. The molecule has 1 saturated heterocycles. The van der Waals surface area contributed by atoms with Crippen LogP contribution in [0.2, 0.25) is 0 Å². The molecule has 9 heteroatoms. The molecule has 2 aromatic carbocycles. The fourth-order valence-corrected chi connectivity index (χ4v) is 5.47. The van der Waals surface area contributed by atoms with E-state index in [-0.39, 0.29) is 30.2 Å². The molecule has 2 amide bonds. The third-order valence-corrected chi connectivity index (χ3v) is 7.28. The highest BCUT2D eigenvalue weighted by Gasteiger charge is 2.55. The second-order valence-electron chi connectivity index (χ2n) is 10.8. The summed E-state index contributed by atoms with van der Waals surface area (Å²) in [6.45, 7) is 13.3. The van der Waals surface area contributed by atoms with Gasteiger partial charge in [-0.25, -0.2) is 9.18 Å². The number of carbonyl (C=O) groups excluding carboxylic acids is 2. The number of piperidine rings is 1. The van der Waals surface area contributed by atoms with E-state index in [0.717, 1.165) is 29.7 Å². The Labute approximate surface area is 243 Å². The van der Waals surface area contributed by atoms with E-state index in [1.807, 2.05) is 77.3 Å². The van der Waals surface area contributed by atoms with Crippen molar-refractivity contribution in [3.8, 4) is 17.2 Å². The standard InChI is InChI=1S/C15H23N3O3.C14H14FNS.C2H6/c1-9-7-10-8-11(9)12(13(19)17-6-5-16)18(10)14(20)21-15(2,3)4;1-10-3-4-12(9-14(10)15)11-5-7-13(8-6-11)16-17-2;1-2/h9-12H,6-8H2,1-4H3,(H,17,19);3-9,16H,1-2H3;1-2H3. The quantitative estimate of drug-likeness (QED) is 0.292. The number of halogens is 1. The van der Waals surface area contributed by atoms with Crippen LogP contribution in [0.5, 0.6) is 0 Å². The van der Waals surface area contributed by atoms with Gasteiger partial charge in [0.1, 0.15) is 24.0 Å². The molecule has 0 radical (unpaired) electrons. The summed E-state index contributed by atoms with van der Waals surface area (Å²) < 4.78 is 22.0. The fraction of sp³-hybridized carbons (Fsp3) is 0.516. The maximum atomic E-state index is 13.4. The fourth-order valence-electron chi connectivity index (χ4n) is 5.10. The van der Waals surface area contributed by atoms with Crippen LogP contribution in [0, 0.1) is 35.9 Å². The average Bonchev–Trinajstić information content (AvgIpc) is 3.47. The minimum atomic E-state index is -0.585. The number of anilines is 1. The van der Waals surface area contributed by atoms with Crippen LogP contribution in [0.15, 0.2) is 42.5 Å². The lowest BCUT2D eigenvalue weighted by Crippen LogP contribution is -2.55. The predicted molar refractivity (Wildman–Crippen MR) is 161 cm³/mol. The van der Waals surface area contributed by atoms with Crippen LogP contribution >= 0.6 is 11.9 Å². The first kappa shape index (κ1) is 33.0. The van der Waals surface area contributed by atoms with Gasteiger partial charge < -0.3 is 14.8 Å². The summed E-state index contributed by atoms with van der Waals surface area (Å²) >= 11 is 1.55. The maximum absolute atomic E-state index is 13.4. The summed E-state index contributed by atoms with van der Waals surface area (Å²) in [6, 6.07) is 14.7. The molecule has 218 valence electrons. The van der Waals surface area contributed by atoms with Crippen molar-refractivity contribution in [3.05, 3.63) is 53.8 Å². The van der Waals surface area contributed by atoms with Crippen molar-refractivity contribution < 1.29 is 18.7 Å². The van der Waals surface area contributed by atoms with Crippen LogP contribution in [0.3, 0.4) is 0 Å². The number of rotatable bonds is 5. The number of nitrogens with zero attached hydrogens (tertiary/aromatic N) is 2. The van der Waals surface area contributed by atoms with Crippen LogP contribution in [0.25, 0.3) is 11.1 Å². The van der Waals surface area contributed by atoms with Gasteiger partial charge in [-0.1, -0.05) is 57.0 Å². The Morgan fingerprint density at radius 1 is 1.12 bits per heavy atom. The molecule has 4 rings (SSSR count). The molecule has 2 N–H and O–H groups in total. The van der Waals surface area contributed by atoms with Crippen molar-refractivity contribution in [3.63, 3.8) is 0 Å². The number of nitrogens with one attached hydrogen (secondary N) is 2. The number of likely N-dealkylation sites (tertiary alicyclic amines) is 1. The third kappa shape index (κ3) is 8.62. The highest BCUT2D eigenvalue weighted by Crippen LogP contribution is 2.46. The smallest absolute Gasteiger partial charge is 0.411 e. The van der Waals surface area contributed by atoms with Crippen molar-refractivity contribution in [1.82, 2.24) is 10.2 Å². The molecule has 40 heavy (non-hydrogen) atoms.